The van der Waals surface area contributed by atoms with Crippen LogP contribution in [-0.2, 0) is 4.84 Å². The molecule has 2 heterocycles. The van der Waals surface area contributed by atoms with E-state index in [1.807, 2.05) is 24.3 Å². The minimum absolute atomic E-state index is 0.293. The highest BCUT2D eigenvalue weighted by Gasteiger charge is 2.34. The Balaban J connectivity index is 1.77. The molecule has 1 aliphatic rings. The lowest BCUT2D eigenvalue weighted by Crippen LogP contribution is -2.24. The third-order valence-corrected chi connectivity index (χ3v) is 4.51. The van der Waals surface area contributed by atoms with E-state index in [1.54, 1.807) is 43.9 Å². The number of anilines is 1. The van der Waals surface area contributed by atoms with Crippen molar-refractivity contribution in [2.45, 2.75) is 6.04 Å². The second kappa shape index (κ2) is 7.56. The average Bonchev–Trinajstić information content (AvgIpc) is 3.19. The normalized spacial score (nSPS) is 15.8. The van der Waals surface area contributed by atoms with Crippen LogP contribution in [-0.4, -0.2) is 24.2 Å². The Hall–Kier alpha value is -3.61. The maximum atomic E-state index is 13.4. The van der Waals surface area contributed by atoms with Gasteiger partial charge in [0.2, 0.25) is 0 Å². The molecule has 1 aromatic heterocycles. The molecular formula is C21H18FN3O3. The van der Waals surface area contributed by atoms with Gasteiger partial charge in [-0.2, -0.15) is 5.06 Å². The molecule has 3 aromatic rings. The number of rotatable bonds is 5. The summed E-state index contributed by atoms with van der Waals surface area (Å²) >= 11 is 0. The van der Waals surface area contributed by atoms with E-state index in [0.29, 0.717) is 11.5 Å². The van der Waals surface area contributed by atoms with Crippen LogP contribution in [0.25, 0.3) is 5.57 Å². The second-order valence-corrected chi connectivity index (χ2v) is 6.09. The van der Waals surface area contributed by atoms with E-state index >= 15 is 0 Å². The Labute approximate surface area is 161 Å². The van der Waals surface area contributed by atoms with Gasteiger partial charge in [-0.3, -0.25) is 0 Å². The molecule has 1 unspecified atom stereocenters. The monoisotopic (exact) mass is 379 g/mol. The number of halogens is 1. The standard InChI is InChI=1S/C21H18FN3O3/c1-26-19-8-7-16(11-20(19)27-2)25-21(18-9-10-23-13-24-18)17(12-28-25)14-3-5-15(22)6-4-14/h3-13,21H,1-2H3. The van der Waals surface area contributed by atoms with Crippen molar-refractivity contribution in [3.8, 4) is 11.5 Å². The fourth-order valence-electron chi connectivity index (χ4n) is 3.15. The maximum Gasteiger partial charge on any atom is 0.162 e. The van der Waals surface area contributed by atoms with Crippen molar-refractivity contribution in [2.24, 2.45) is 0 Å². The highest BCUT2D eigenvalue weighted by Crippen LogP contribution is 2.43. The van der Waals surface area contributed by atoms with E-state index in [0.717, 1.165) is 22.5 Å². The molecule has 28 heavy (non-hydrogen) atoms. The highest BCUT2D eigenvalue weighted by atomic mass is 19.1. The first-order chi connectivity index (χ1) is 13.7. The van der Waals surface area contributed by atoms with Gasteiger partial charge in [-0.1, -0.05) is 12.1 Å². The maximum absolute atomic E-state index is 13.4. The number of nitrogens with zero attached hydrogens (tertiary/aromatic N) is 3. The number of hydrogen-bond donors (Lipinski definition) is 0. The van der Waals surface area contributed by atoms with Crippen molar-refractivity contribution >= 4 is 11.3 Å². The molecule has 0 fully saturated rings. The molecule has 0 saturated heterocycles. The SMILES string of the molecule is COc1ccc(N2OC=C(c3ccc(F)cc3)C2c2ccncn2)cc1OC. The number of hydroxylamine groups is 1. The second-order valence-electron chi connectivity index (χ2n) is 6.09. The fraction of sp³-hybridized carbons (Fsp3) is 0.143. The van der Waals surface area contributed by atoms with Crippen LogP contribution in [0, 0.1) is 5.82 Å². The van der Waals surface area contributed by atoms with Crippen LogP contribution in [0.15, 0.2) is 67.3 Å². The summed E-state index contributed by atoms with van der Waals surface area (Å²) in [5.74, 6) is 0.912. The summed E-state index contributed by atoms with van der Waals surface area (Å²) in [7, 11) is 3.17. The van der Waals surface area contributed by atoms with Gasteiger partial charge in [0.05, 0.1) is 25.6 Å². The first kappa shape index (κ1) is 17.8. The van der Waals surface area contributed by atoms with Crippen LogP contribution in [0.3, 0.4) is 0 Å². The van der Waals surface area contributed by atoms with E-state index in [-0.39, 0.29) is 11.9 Å². The Morgan fingerprint density at radius 1 is 1.00 bits per heavy atom. The van der Waals surface area contributed by atoms with E-state index in [1.165, 1.54) is 18.5 Å². The van der Waals surface area contributed by atoms with Gasteiger partial charge >= 0.3 is 0 Å². The molecule has 0 radical (unpaired) electrons. The number of hydrogen-bond acceptors (Lipinski definition) is 6. The Bertz CT molecular complexity index is 994. The van der Waals surface area contributed by atoms with E-state index in [9.17, 15) is 4.39 Å². The minimum atomic E-state index is -0.341. The lowest BCUT2D eigenvalue weighted by Gasteiger charge is -2.26. The molecule has 6 nitrogen and oxygen atoms in total. The van der Waals surface area contributed by atoms with Crippen LogP contribution in [0.5, 0.6) is 11.5 Å². The van der Waals surface area contributed by atoms with Gasteiger partial charge in [-0.25, -0.2) is 14.4 Å². The molecule has 1 atom stereocenters. The molecule has 7 heteroatoms. The lowest BCUT2D eigenvalue weighted by atomic mass is 9.97. The van der Waals surface area contributed by atoms with Crippen molar-refractivity contribution in [1.82, 2.24) is 9.97 Å². The van der Waals surface area contributed by atoms with Crippen LogP contribution >= 0.6 is 0 Å². The third kappa shape index (κ3) is 3.22. The van der Waals surface area contributed by atoms with Gasteiger partial charge in [0.25, 0.3) is 0 Å². The zero-order valence-corrected chi connectivity index (χ0v) is 15.4. The van der Waals surface area contributed by atoms with Gasteiger partial charge in [0, 0.05) is 17.8 Å². The molecule has 0 N–H and O–H groups in total. The lowest BCUT2D eigenvalue weighted by molar-refractivity contribution is 0.223. The zero-order valence-electron chi connectivity index (χ0n) is 15.4. The van der Waals surface area contributed by atoms with Gasteiger partial charge in [-0.05, 0) is 35.9 Å². The molecule has 0 aliphatic carbocycles. The number of ether oxygens (including phenoxy) is 2. The summed E-state index contributed by atoms with van der Waals surface area (Å²) in [6.07, 6.45) is 4.81. The van der Waals surface area contributed by atoms with Crippen molar-refractivity contribution in [3.63, 3.8) is 0 Å². The molecular weight excluding hydrogens is 361 g/mol. The quantitative estimate of drug-likeness (QED) is 0.663. The summed E-state index contributed by atoms with van der Waals surface area (Å²) in [5, 5.41) is 1.73. The van der Waals surface area contributed by atoms with E-state index in [2.05, 4.69) is 9.97 Å². The Morgan fingerprint density at radius 3 is 2.46 bits per heavy atom. The predicted molar refractivity (Wildman–Crippen MR) is 102 cm³/mol. The van der Waals surface area contributed by atoms with Gasteiger partial charge in [-0.15, -0.1) is 0 Å². The van der Waals surface area contributed by atoms with Crippen LogP contribution in [0.1, 0.15) is 17.3 Å². The Morgan fingerprint density at radius 2 is 1.79 bits per heavy atom. The highest BCUT2D eigenvalue weighted by molar-refractivity contribution is 5.76. The third-order valence-electron chi connectivity index (χ3n) is 4.51. The first-order valence-corrected chi connectivity index (χ1v) is 8.61. The van der Waals surface area contributed by atoms with Crippen LogP contribution in [0.2, 0.25) is 0 Å². The molecule has 142 valence electrons. The van der Waals surface area contributed by atoms with Crippen LogP contribution < -0.4 is 14.5 Å². The van der Waals surface area contributed by atoms with Gasteiger partial charge in [0.1, 0.15) is 24.4 Å². The van der Waals surface area contributed by atoms with Crippen molar-refractivity contribution in [2.75, 3.05) is 19.3 Å². The summed E-state index contributed by atoms with van der Waals surface area (Å²) < 4.78 is 24.1. The zero-order chi connectivity index (χ0) is 19.5. The number of aromatic nitrogens is 2. The molecule has 4 rings (SSSR count). The van der Waals surface area contributed by atoms with E-state index in [4.69, 9.17) is 14.3 Å². The fourth-order valence-corrected chi connectivity index (χ4v) is 3.15. The van der Waals surface area contributed by atoms with Gasteiger partial charge in [0.15, 0.2) is 11.5 Å². The number of methoxy groups -OCH3 is 2. The van der Waals surface area contributed by atoms with Crippen molar-refractivity contribution < 1.29 is 18.7 Å². The topological polar surface area (TPSA) is 56.7 Å². The summed E-state index contributed by atoms with van der Waals surface area (Å²) in [6.45, 7) is 0. The van der Waals surface area contributed by atoms with Crippen LogP contribution in [0.4, 0.5) is 10.1 Å². The van der Waals surface area contributed by atoms with Gasteiger partial charge < -0.3 is 14.3 Å². The molecule has 0 amide bonds. The molecule has 0 saturated carbocycles. The Kier molecular flexibility index (Phi) is 4.80. The summed E-state index contributed by atoms with van der Waals surface area (Å²) in [6, 6.07) is 13.3. The van der Waals surface area contributed by atoms with Crippen molar-refractivity contribution in [1.29, 1.82) is 0 Å². The molecule has 1 aliphatic heterocycles. The predicted octanol–water partition coefficient (Wildman–Crippen LogP) is 4.17. The van der Waals surface area contributed by atoms with E-state index < -0.39 is 0 Å². The van der Waals surface area contributed by atoms with Crippen molar-refractivity contribution in [3.05, 3.63) is 84.4 Å². The number of benzene rings is 2. The molecule has 0 spiro atoms. The summed E-state index contributed by atoms with van der Waals surface area (Å²) in [5.41, 5.74) is 3.20. The largest absolute Gasteiger partial charge is 0.493 e. The molecule has 0 bridgehead atoms. The smallest absolute Gasteiger partial charge is 0.162 e. The first-order valence-electron chi connectivity index (χ1n) is 8.61. The minimum Gasteiger partial charge on any atom is -0.493 e. The average molecular weight is 379 g/mol. The summed E-state index contributed by atoms with van der Waals surface area (Å²) in [4.78, 5) is 14.3. The molecule has 2 aromatic carbocycles.